The minimum absolute atomic E-state index is 0.547. The largest absolute Gasteiger partial charge is 0.385 e. The number of anilines is 1. The summed E-state index contributed by atoms with van der Waals surface area (Å²) in [7, 11) is 1.70. The van der Waals surface area contributed by atoms with Crippen molar-refractivity contribution in [2.24, 2.45) is 0 Å². The van der Waals surface area contributed by atoms with E-state index >= 15 is 0 Å². The van der Waals surface area contributed by atoms with Crippen molar-refractivity contribution in [3.8, 4) is 0 Å². The molecule has 0 unspecified atom stereocenters. The molecule has 4 nitrogen and oxygen atoms in total. The molecule has 0 bridgehead atoms. The Kier molecular flexibility index (Phi) is 6.11. The minimum atomic E-state index is 0.547. The number of nitrogens with zero attached hydrogens (tertiary/aromatic N) is 2. The number of rotatable bonds is 7. The molecule has 16 heavy (non-hydrogen) atoms. The standard InChI is InChI=1S/C11H18ClN3O/c1-3-5-9-10(12)14-8-15-11(9)13-6-4-7-16-2/h8H,3-7H2,1-2H3,(H,13,14,15). The maximum Gasteiger partial charge on any atom is 0.137 e. The molecule has 1 rings (SSSR count). The molecule has 1 N–H and O–H groups in total. The number of aromatic nitrogens is 2. The third-order valence-electron chi connectivity index (χ3n) is 2.21. The van der Waals surface area contributed by atoms with Crippen molar-refractivity contribution in [3.05, 3.63) is 17.0 Å². The maximum absolute atomic E-state index is 6.03. The zero-order chi connectivity index (χ0) is 11.8. The van der Waals surface area contributed by atoms with Gasteiger partial charge >= 0.3 is 0 Å². The van der Waals surface area contributed by atoms with Crippen molar-refractivity contribution in [2.75, 3.05) is 25.6 Å². The molecule has 1 aromatic rings. The first kappa shape index (κ1) is 13.2. The van der Waals surface area contributed by atoms with Crippen molar-refractivity contribution in [3.63, 3.8) is 0 Å². The summed E-state index contributed by atoms with van der Waals surface area (Å²) in [6.07, 6.45) is 4.36. The van der Waals surface area contributed by atoms with E-state index in [4.69, 9.17) is 16.3 Å². The van der Waals surface area contributed by atoms with Gasteiger partial charge in [-0.1, -0.05) is 24.9 Å². The molecule has 1 heterocycles. The van der Waals surface area contributed by atoms with Gasteiger partial charge in [0.15, 0.2) is 0 Å². The van der Waals surface area contributed by atoms with Crippen molar-refractivity contribution in [1.29, 1.82) is 0 Å². The van der Waals surface area contributed by atoms with Gasteiger partial charge in [-0.25, -0.2) is 9.97 Å². The number of ether oxygens (including phenoxy) is 1. The summed E-state index contributed by atoms with van der Waals surface area (Å²) in [5.74, 6) is 0.845. The Morgan fingerprint density at radius 2 is 2.25 bits per heavy atom. The summed E-state index contributed by atoms with van der Waals surface area (Å²) in [6, 6.07) is 0. The van der Waals surface area contributed by atoms with Crippen LogP contribution in [0.4, 0.5) is 5.82 Å². The lowest BCUT2D eigenvalue weighted by Gasteiger charge is -2.10. The van der Waals surface area contributed by atoms with Crippen LogP contribution in [0.5, 0.6) is 0 Å². The third-order valence-corrected chi connectivity index (χ3v) is 2.54. The van der Waals surface area contributed by atoms with Crippen LogP contribution in [0.25, 0.3) is 0 Å². The molecule has 0 atom stereocenters. The molecule has 90 valence electrons. The van der Waals surface area contributed by atoms with E-state index in [-0.39, 0.29) is 0 Å². The smallest absolute Gasteiger partial charge is 0.137 e. The highest BCUT2D eigenvalue weighted by molar-refractivity contribution is 6.30. The highest BCUT2D eigenvalue weighted by atomic mass is 35.5. The molecule has 0 aromatic carbocycles. The fourth-order valence-corrected chi connectivity index (χ4v) is 1.67. The highest BCUT2D eigenvalue weighted by Gasteiger charge is 2.07. The van der Waals surface area contributed by atoms with Crippen molar-refractivity contribution < 1.29 is 4.74 Å². The SMILES string of the molecule is CCCc1c(Cl)ncnc1NCCCOC. The predicted octanol–water partition coefficient (Wildman–Crippen LogP) is 2.53. The average molecular weight is 244 g/mol. The lowest BCUT2D eigenvalue weighted by Crippen LogP contribution is -2.09. The van der Waals surface area contributed by atoms with Crippen LogP contribution < -0.4 is 5.32 Å². The Morgan fingerprint density at radius 1 is 1.44 bits per heavy atom. The Balaban J connectivity index is 2.59. The van der Waals surface area contributed by atoms with Gasteiger partial charge in [0, 0.05) is 25.8 Å². The molecular formula is C11H18ClN3O. The second kappa shape index (κ2) is 7.41. The van der Waals surface area contributed by atoms with Crippen molar-refractivity contribution in [1.82, 2.24) is 9.97 Å². The summed E-state index contributed by atoms with van der Waals surface area (Å²) in [6.45, 7) is 3.69. The third kappa shape index (κ3) is 3.94. The molecule has 5 heteroatoms. The van der Waals surface area contributed by atoms with Crippen LogP contribution in [0.2, 0.25) is 5.15 Å². The summed E-state index contributed by atoms with van der Waals surface area (Å²) in [5, 5.41) is 3.81. The lowest BCUT2D eigenvalue weighted by atomic mass is 10.2. The first-order chi connectivity index (χ1) is 7.79. The molecule has 0 aliphatic rings. The Bertz CT molecular complexity index is 320. The zero-order valence-electron chi connectivity index (χ0n) is 9.79. The summed E-state index contributed by atoms with van der Waals surface area (Å²) < 4.78 is 4.98. The van der Waals surface area contributed by atoms with Crippen LogP contribution in [0, 0.1) is 0 Å². The van der Waals surface area contributed by atoms with Crippen LogP contribution in [-0.2, 0) is 11.2 Å². The van der Waals surface area contributed by atoms with Crippen molar-refractivity contribution >= 4 is 17.4 Å². The van der Waals surface area contributed by atoms with Crippen LogP contribution in [0.15, 0.2) is 6.33 Å². The molecule has 0 aliphatic carbocycles. The second-order valence-electron chi connectivity index (χ2n) is 3.51. The fourth-order valence-electron chi connectivity index (χ4n) is 1.44. The van der Waals surface area contributed by atoms with E-state index < -0.39 is 0 Å². The molecule has 0 saturated carbocycles. The molecule has 0 spiro atoms. The number of hydrogen-bond acceptors (Lipinski definition) is 4. The molecular weight excluding hydrogens is 226 g/mol. The average Bonchev–Trinajstić information content (AvgIpc) is 2.29. The zero-order valence-corrected chi connectivity index (χ0v) is 10.5. The molecule has 1 aromatic heterocycles. The first-order valence-electron chi connectivity index (χ1n) is 5.51. The van der Waals surface area contributed by atoms with E-state index in [2.05, 4.69) is 22.2 Å². The molecule has 0 fully saturated rings. The van der Waals surface area contributed by atoms with Gasteiger partial charge in [-0.15, -0.1) is 0 Å². The van der Waals surface area contributed by atoms with Gasteiger partial charge in [-0.3, -0.25) is 0 Å². The van der Waals surface area contributed by atoms with Gasteiger partial charge in [0.1, 0.15) is 17.3 Å². The quantitative estimate of drug-likeness (QED) is 0.591. The van der Waals surface area contributed by atoms with E-state index in [1.165, 1.54) is 6.33 Å². The van der Waals surface area contributed by atoms with E-state index in [9.17, 15) is 0 Å². The summed E-state index contributed by atoms with van der Waals surface area (Å²) in [4.78, 5) is 8.20. The Labute approximate surface area is 101 Å². The monoisotopic (exact) mass is 243 g/mol. The fraction of sp³-hybridized carbons (Fsp3) is 0.636. The van der Waals surface area contributed by atoms with E-state index in [1.54, 1.807) is 7.11 Å². The second-order valence-corrected chi connectivity index (χ2v) is 3.87. The van der Waals surface area contributed by atoms with Crippen LogP contribution in [-0.4, -0.2) is 30.2 Å². The molecule has 0 amide bonds. The molecule has 0 radical (unpaired) electrons. The summed E-state index contributed by atoms with van der Waals surface area (Å²) >= 11 is 6.03. The van der Waals surface area contributed by atoms with Gasteiger partial charge in [0.25, 0.3) is 0 Å². The Morgan fingerprint density at radius 3 is 2.94 bits per heavy atom. The van der Waals surface area contributed by atoms with Gasteiger partial charge in [0.2, 0.25) is 0 Å². The van der Waals surface area contributed by atoms with E-state index in [1.807, 2.05) is 0 Å². The maximum atomic E-state index is 6.03. The van der Waals surface area contributed by atoms with Gasteiger partial charge in [-0.2, -0.15) is 0 Å². The molecule has 0 aliphatic heterocycles. The normalized spacial score (nSPS) is 10.4. The van der Waals surface area contributed by atoms with Crippen LogP contribution >= 0.6 is 11.6 Å². The number of halogens is 1. The topological polar surface area (TPSA) is 47.0 Å². The van der Waals surface area contributed by atoms with Crippen LogP contribution in [0.1, 0.15) is 25.3 Å². The number of hydrogen-bond donors (Lipinski definition) is 1. The van der Waals surface area contributed by atoms with Gasteiger partial charge < -0.3 is 10.1 Å². The highest BCUT2D eigenvalue weighted by Crippen LogP contribution is 2.21. The number of methoxy groups -OCH3 is 1. The van der Waals surface area contributed by atoms with E-state index in [0.717, 1.165) is 43.8 Å². The minimum Gasteiger partial charge on any atom is -0.385 e. The summed E-state index contributed by atoms with van der Waals surface area (Å²) in [5.41, 5.74) is 1.00. The lowest BCUT2D eigenvalue weighted by molar-refractivity contribution is 0.197. The predicted molar refractivity (Wildman–Crippen MR) is 66.0 cm³/mol. The number of nitrogens with one attached hydrogen (secondary N) is 1. The molecule has 0 saturated heterocycles. The van der Waals surface area contributed by atoms with Gasteiger partial charge in [-0.05, 0) is 12.8 Å². The Hall–Kier alpha value is -0.870. The van der Waals surface area contributed by atoms with Crippen LogP contribution in [0.3, 0.4) is 0 Å². The first-order valence-corrected chi connectivity index (χ1v) is 5.89. The van der Waals surface area contributed by atoms with E-state index in [0.29, 0.717) is 5.15 Å². The van der Waals surface area contributed by atoms with Gasteiger partial charge in [0.05, 0.1) is 0 Å². The van der Waals surface area contributed by atoms with Crippen molar-refractivity contribution in [2.45, 2.75) is 26.2 Å².